The topological polar surface area (TPSA) is 100.0 Å². The zero-order valence-electron chi connectivity index (χ0n) is 22.5. The van der Waals surface area contributed by atoms with Gasteiger partial charge in [-0.15, -0.1) is 0 Å². The van der Waals surface area contributed by atoms with Crippen molar-refractivity contribution in [1.82, 2.24) is 19.5 Å². The van der Waals surface area contributed by atoms with Gasteiger partial charge in [0.25, 0.3) is 5.91 Å². The summed E-state index contributed by atoms with van der Waals surface area (Å²) in [4.78, 5) is 22.0. The van der Waals surface area contributed by atoms with E-state index in [9.17, 15) is 9.90 Å². The summed E-state index contributed by atoms with van der Waals surface area (Å²) < 4.78 is 1.83. The maximum absolute atomic E-state index is 12.9. The Balaban J connectivity index is 1.12. The molecular weight excluding hydrogens is 524 g/mol. The first kappa shape index (κ1) is 26.7. The lowest BCUT2D eigenvalue weighted by Gasteiger charge is -2.39. The number of aromatic nitrogens is 3. The standard InChI is InChI=1S/C31H35ClN6O2/c32-26-9-7-25(8-10-26)31(40)13-18-36(19-14-31)27-2-1-15-38-29(27)34-28(35-38)20-22-3-5-24(6-4-22)30(39)37-16-11-23(21-33)12-17-37/h1-10,15,23,40H,11-14,16-21,33H2. The summed E-state index contributed by atoms with van der Waals surface area (Å²) in [5, 5.41) is 16.7. The molecule has 0 unspecified atom stereocenters. The van der Waals surface area contributed by atoms with E-state index < -0.39 is 5.60 Å². The number of benzene rings is 2. The smallest absolute Gasteiger partial charge is 0.253 e. The molecule has 8 nitrogen and oxygen atoms in total. The first-order chi connectivity index (χ1) is 19.4. The van der Waals surface area contributed by atoms with Crippen LogP contribution in [0.5, 0.6) is 0 Å². The molecule has 2 aromatic heterocycles. The van der Waals surface area contributed by atoms with Crippen molar-refractivity contribution in [2.45, 2.75) is 37.7 Å². The second kappa shape index (κ2) is 11.2. The molecule has 0 spiro atoms. The van der Waals surface area contributed by atoms with Gasteiger partial charge in [0.2, 0.25) is 0 Å². The highest BCUT2D eigenvalue weighted by Crippen LogP contribution is 2.36. The molecule has 0 bridgehead atoms. The number of aliphatic hydroxyl groups is 1. The van der Waals surface area contributed by atoms with Crippen LogP contribution in [0, 0.1) is 5.92 Å². The normalized spacial score (nSPS) is 17.9. The fourth-order valence-corrected chi connectivity index (χ4v) is 6.05. The number of nitrogens with two attached hydrogens (primary N) is 1. The zero-order valence-corrected chi connectivity index (χ0v) is 23.3. The number of carbonyl (C=O) groups excluding carboxylic acids is 1. The van der Waals surface area contributed by atoms with Crippen molar-refractivity contribution in [3.05, 3.63) is 94.4 Å². The van der Waals surface area contributed by atoms with Crippen molar-refractivity contribution in [2.75, 3.05) is 37.6 Å². The molecule has 2 fully saturated rings. The lowest BCUT2D eigenvalue weighted by Crippen LogP contribution is -2.42. The number of rotatable bonds is 6. The van der Waals surface area contributed by atoms with Gasteiger partial charge >= 0.3 is 0 Å². The highest BCUT2D eigenvalue weighted by molar-refractivity contribution is 6.30. The van der Waals surface area contributed by atoms with Crippen LogP contribution < -0.4 is 10.6 Å². The molecule has 0 saturated carbocycles. The number of likely N-dealkylation sites (tertiary alicyclic amines) is 1. The molecule has 0 aliphatic carbocycles. The number of halogens is 1. The predicted octanol–water partition coefficient (Wildman–Crippen LogP) is 4.27. The highest BCUT2D eigenvalue weighted by atomic mass is 35.5. The molecule has 4 aromatic rings. The van der Waals surface area contributed by atoms with Crippen molar-refractivity contribution < 1.29 is 9.90 Å². The summed E-state index contributed by atoms with van der Waals surface area (Å²) in [6.07, 6.45) is 5.68. The Morgan fingerprint density at radius 3 is 2.38 bits per heavy atom. The second-order valence-corrected chi connectivity index (χ2v) is 11.5. The van der Waals surface area contributed by atoms with Gasteiger partial charge in [0.15, 0.2) is 11.5 Å². The zero-order chi connectivity index (χ0) is 27.7. The van der Waals surface area contributed by atoms with E-state index in [1.54, 1.807) is 0 Å². The van der Waals surface area contributed by atoms with Crippen molar-refractivity contribution in [3.63, 3.8) is 0 Å². The minimum absolute atomic E-state index is 0.0852. The number of piperidine rings is 2. The van der Waals surface area contributed by atoms with Gasteiger partial charge in [-0.1, -0.05) is 35.9 Å². The summed E-state index contributed by atoms with van der Waals surface area (Å²) in [5.41, 5.74) is 9.42. The Labute approximate surface area is 239 Å². The van der Waals surface area contributed by atoms with Crippen LogP contribution in [0.15, 0.2) is 66.9 Å². The van der Waals surface area contributed by atoms with Crippen LogP contribution in [0.2, 0.25) is 5.02 Å². The van der Waals surface area contributed by atoms with E-state index in [0.29, 0.717) is 55.4 Å². The number of anilines is 1. The van der Waals surface area contributed by atoms with Crippen molar-refractivity contribution in [1.29, 1.82) is 0 Å². The predicted molar refractivity (Wildman–Crippen MR) is 157 cm³/mol. The van der Waals surface area contributed by atoms with Crippen molar-refractivity contribution in [3.8, 4) is 0 Å². The van der Waals surface area contributed by atoms with E-state index in [1.807, 2.05) is 70.2 Å². The largest absolute Gasteiger partial charge is 0.385 e. The van der Waals surface area contributed by atoms with Gasteiger partial charge in [-0.3, -0.25) is 4.79 Å². The average Bonchev–Trinajstić information content (AvgIpc) is 3.41. The minimum atomic E-state index is -0.862. The number of pyridine rings is 1. The highest BCUT2D eigenvalue weighted by Gasteiger charge is 2.34. The maximum Gasteiger partial charge on any atom is 0.253 e. The van der Waals surface area contributed by atoms with Crippen LogP contribution in [-0.4, -0.2) is 63.2 Å². The number of nitrogens with zero attached hydrogens (tertiary/aromatic N) is 5. The Morgan fingerprint density at radius 2 is 1.70 bits per heavy atom. The first-order valence-corrected chi connectivity index (χ1v) is 14.5. The molecule has 6 rings (SSSR count). The number of fused-ring (bicyclic) bond motifs is 1. The third-order valence-corrected chi connectivity index (χ3v) is 8.75. The second-order valence-electron chi connectivity index (χ2n) is 11.1. The van der Waals surface area contributed by atoms with E-state index in [0.717, 1.165) is 54.2 Å². The van der Waals surface area contributed by atoms with Crippen LogP contribution in [0.4, 0.5) is 5.69 Å². The number of hydrogen-bond donors (Lipinski definition) is 2. The molecule has 2 aliphatic heterocycles. The lowest BCUT2D eigenvalue weighted by atomic mass is 9.84. The molecule has 2 saturated heterocycles. The Bertz CT molecular complexity index is 1470. The quantitative estimate of drug-likeness (QED) is 0.366. The summed E-state index contributed by atoms with van der Waals surface area (Å²) in [5.74, 6) is 1.34. The summed E-state index contributed by atoms with van der Waals surface area (Å²) in [6, 6.07) is 19.3. The molecule has 4 heterocycles. The van der Waals surface area contributed by atoms with Crippen LogP contribution in [0.1, 0.15) is 53.0 Å². The van der Waals surface area contributed by atoms with Gasteiger partial charge in [0.1, 0.15) is 0 Å². The van der Waals surface area contributed by atoms with Crippen LogP contribution in [0.25, 0.3) is 5.65 Å². The summed E-state index contributed by atoms with van der Waals surface area (Å²) in [6.45, 7) is 3.66. The fraction of sp³-hybridized carbons (Fsp3) is 0.387. The van der Waals surface area contributed by atoms with E-state index in [-0.39, 0.29) is 5.91 Å². The molecule has 0 atom stereocenters. The van der Waals surface area contributed by atoms with Gasteiger partial charge < -0.3 is 20.6 Å². The molecule has 40 heavy (non-hydrogen) atoms. The van der Waals surface area contributed by atoms with E-state index >= 15 is 0 Å². The molecule has 3 N–H and O–H groups in total. The number of hydrogen-bond acceptors (Lipinski definition) is 6. The number of amides is 1. The monoisotopic (exact) mass is 558 g/mol. The van der Waals surface area contributed by atoms with Gasteiger partial charge in [0, 0.05) is 49.4 Å². The SMILES string of the molecule is NCC1CCN(C(=O)c2ccc(Cc3nc4c(N5CCC(O)(c6ccc(Cl)cc6)CC5)cccn4n3)cc2)CC1. The van der Waals surface area contributed by atoms with Gasteiger partial charge in [-0.25, -0.2) is 9.50 Å². The van der Waals surface area contributed by atoms with Gasteiger partial charge in [-0.2, -0.15) is 5.10 Å². The van der Waals surface area contributed by atoms with E-state index in [2.05, 4.69) is 11.0 Å². The van der Waals surface area contributed by atoms with Crippen LogP contribution in [-0.2, 0) is 12.0 Å². The van der Waals surface area contributed by atoms with E-state index in [4.69, 9.17) is 27.4 Å². The molecular formula is C31H35ClN6O2. The molecule has 9 heteroatoms. The van der Waals surface area contributed by atoms with Gasteiger partial charge in [-0.05, 0) is 85.7 Å². The molecule has 0 radical (unpaired) electrons. The molecule has 1 amide bonds. The Kier molecular flexibility index (Phi) is 7.49. The lowest BCUT2D eigenvalue weighted by molar-refractivity contribution is 0.0118. The fourth-order valence-electron chi connectivity index (χ4n) is 5.93. The molecule has 2 aromatic carbocycles. The van der Waals surface area contributed by atoms with Crippen LogP contribution in [0.3, 0.4) is 0 Å². The summed E-state index contributed by atoms with van der Waals surface area (Å²) in [7, 11) is 0. The average molecular weight is 559 g/mol. The van der Waals surface area contributed by atoms with E-state index in [1.165, 1.54) is 0 Å². The van der Waals surface area contributed by atoms with Crippen LogP contribution >= 0.6 is 11.6 Å². The Morgan fingerprint density at radius 1 is 1.00 bits per heavy atom. The first-order valence-electron chi connectivity index (χ1n) is 14.1. The third-order valence-electron chi connectivity index (χ3n) is 8.50. The molecule has 208 valence electrons. The van der Waals surface area contributed by atoms with Gasteiger partial charge in [0.05, 0.1) is 11.3 Å². The third kappa shape index (κ3) is 5.44. The Hall–Kier alpha value is -3.46. The maximum atomic E-state index is 12.9. The van der Waals surface area contributed by atoms with Crippen molar-refractivity contribution in [2.24, 2.45) is 11.7 Å². The number of carbonyl (C=O) groups is 1. The van der Waals surface area contributed by atoms with Crippen molar-refractivity contribution >= 4 is 28.8 Å². The molecule has 2 aliphatic rings. The summed E-state index contributed by atoms with van der Waals surface area (Å²) >= 11 is 6.04. The minimum Gasteiger partial charge on any atom is -0.385 e.